The summed E-state index contributed by atoms with van der Waals surface area (Å²) in [5.41, 5.74) is -0.900. The van der Waals surface area contributed by atoms with Crippen LogP contribution in [0.25, 0.3) is 0 Å². The van der Waals surface area contributed by atoms with Gasteiger partial charge in [-0.05, 0) is 51.7 Å². The van der Waals surface area contributed by atoms with E-state index < -0.39 is 25.8 Å². The first-order valence-corrected chi connectivity index (χ1v) is 13.0. The molecule has 5 atom stereocenters. The van der Waals surface area contributed by atoms with Crippen LogP contribution in [0.5, 0.6) is 0 Å². The largest absolute Gasteiger partial charge is 0.454 e. The molecular formula is C21H38O5Si. The molecule has 0 aliphatic heterocycles. The Bertz CT molecular complexity index is 601. The van der Waals surface area contributed by atoms with Gasteiger partial charge in [0, 0.05) is 18.3 Å². The van der Waals surface area contributed by atoms with Crippen LogP contribution >= 0.6 is 0 Å². The molecule has 2 bridgehead atoms. The number of hydrogen-bond donors (Lipinski definition) is 0. The summed E-state index contributed by atoms with van der Waals surface area (Å²) in [6, 6.07) is 0. The van der Waals surface area contributed by atoms with Crippen LogP contribution < -0.4 is 0 Å². The highest BCUT2D eigenvalue weighted by atomic mass is 28.4. The van der Waals surface area contributed by atoms with E-state index in [4.69, 9.17) is 13.9 Å². The van der Waals surface area contributed by atoms with Crippen molar-refractivity contribution in [3.05, 3.63) is 0 Å². The average Bonchev–Trinajstić information content (AvgIpc) is 2.42. The summed E-state index contributed by atoms with van der Waals surface area (Å²) in [5, 5.41) is 0.0737. The fraction of sp³-hybridized carbons (Fsp3) is 0.905. The minimum absolute atomic E-state index is 0.00332. The zero-order valence-electron chi connectivity index (χ0n) is 18.8. The minimum Gasteiger partial charge on any atom is -0.454 e. The molecule has 0 amide bonds. The van der Waals surface area contributed by atoms with E-state index in [2.05, 4.69) is 33.9 Å². The lowest BCUT2D eigenvalue weighted by Crippen LogP contribution is -2.67. The van der Waals surface area contributed by atoms with Crippen LogP contribution in [0, 0.1) is 11.3 Å². The van der Waals surface area contributed by atoms with Crippen molar-refractivity contribution in [1.29, 1.82) is 0 Å². The molecule has 0 unspecified atom stereocenters. The average molecular weight is 399 g/mol. The predicted octanol–water partition coefficient (Wildman–Crippen LogP) is 4.49. The second-order valence-electron chi connectivity index (χ2n) is 11.1. The summed E-state index contributed by atoms with van der Waals surface area (Å²) in [7, 11) is -2.02. The zero-order chi connectivity index (χ0) is 21.0. The maximum atomic E-state index is 13.2. The normalized spacial score (nSPS) is 34.7. The third kappa shape index (κ3) is 4.48. The summed E-state index contributed by atoms with van der Waals surface area (Å²) in [6.45, 7) is 20.5. The Kier molecular flexibility index (Phi) is 5.81. The second-order valence-corrected chi connectivity index (χ2v) is 15.8. The summed E-state index contributed by atoms with van der Waals surface area (Å²) in [6.07, 6.45) is 0.289. The van der Waals surface area contributed by atoms with Crippen LogP contribution in [-0.4, -0.2) is 44.0 Å². The van der Waals surface area contributed by atoms with Crippen LogP contribution in [-0.2, 0) is 23.5 Å². The third-order valence-electron chi connectivity index (χ3n) is 6.55. The molecule has 156 valence electrons. The van der Waals surface area contributed by atoms with Gasteiger partial charge in [-0.2, -0.15) is 0 Å². The van der Waals surface area contributed by atoms with Crippen molar-refractivity contribution in [3.8, 4) is 0 Å². The van der Waals surface area contributed by atoms with Crippen LogP contribution in [0.1, 0.15) is 68.2 Å². The zero-order valence-corrected chi connectivity index (χ0v) is 19.8. The van der Waals surface area contributed by atoms with Crippen molar-refractivity contribution >= 4 is 20.1 Å². The predicted molar refractivity (Wildman–Crippen MR) is 108 cm³/mol. The van der Waals surface area contributed by atoms with E-state index in [0.717, 1.165) is 0 Å². The maximum absolute atomic E-state index is 13.2. The highest BCUT2D eigenvalue weighted by molar-refractivity contribution is 6.74. The number of hydrogen-bond acceptors (Lipinski definition) is 5. The molecule has 3 rings (SSSR count). The van der Waals surface area contributed by atoms with Gasteiger partial charge in [-0.3, -0.25) is 9.59 Å². The number of rotatable bonds is 4. The highest BCUT2D eigenvalue weighted by Crippen LogP contribution is 2.54. The molecule has 5 nitrogen and oxygen atoms in total. The molecule has 0 N–H and O–H groups in total. The molecule has 6 heteroatoms. The van der Waals surface area contributed by atoms with Gasteiger partial charge in [0.2, 0.25) is 0 Å². The number of ether oxygens (including phenoxy) is 2. The summed E-state index contributed by atoms with van der Waals surface area (Å²) >= 11 is 0. The minimum atomic E-state index is -2.02. The summed E-state index contributed by atoms with van der Waals surface area (Å²) in [4.78, 5) is 24.9. The van der Waals surface area contributed by atoms with Crippen molar-refractivity contribution in [2.75, 3.05) is 0 Å². The molecule has 3 aliphatic rings. The second kappa shape index (κ2) is 6.96. The fourth-order valence-electron chi connectivity index (χ4n) is 4.10. The Balaban J connectivity index is 2.35. The van der Waals surface area contributed by atoms with Gasteiger partial charge in [0.25, 0.3) is 0 Å². The molecule has 3 aliphatic carbocycles. The molecule has 0 radical (unpaired) electrons. The molecule has 3 saturated carbocycles. The number of ketones is 1. The lowest BCUT2D eigenvalue weighted by Gasteiger charge is -2.57. The molecule has 0 saturated heterocycles. The first kappa shape index (κ1) is 22.6. The van der Waals surface area contributed by atoms with Gasteiger partial charge < -0.3 is 13.9 Å². The molecule has 0 spiro atoms. The third-order valence-corrected chi connectivity index (χ3v) is 11.1. The van der Waals surface area contributed by atoms with Crippen LogP contribution in [0.4, 0.5) is 0 Å². The number of esters is 1. The molecule has 0 aromatic carbocycles. The van der Waals surface area contributed by atoms with Gasteiger partial charge in [-0.1, -0.05) is 27.7 Å². The summed E-state index contributed by atoms with van der Waals surface area (Å²) in [5.74, 6) is -0.701. The Labute approximate surface area is 165 Å². The van der Waals surface area contributed by atoms with Crippen LogP contribution in [0.3, 0.4) is 0 Å². The monoisotopic (exact) mass is 398 g/mol. The number of carbonyl (C=O) groups excluding carboxylic acids is 2. The Morgan fingerprint density at radius 2 is 1.70 bits per heavy atom. The number of carbonyl (C=O) groups is 2. The molecular weight excluding hydrogens is 360 g/mol. The van der Waals surface area contributed by atoms with E-state index in [9.17, 15) is 9.59 Å². The van der Waals surface area contributed by atoms with Crippen molar-refractivity contribution in [2.45, 2.75) is 110 Å². The van der Waals surface area contributed by atoms with E-state index in [1.165, 1.54) is 6.92 Å². The molecule has 27 heavy (non-hydrogen) atoms. The standard InChI is InChI=1S/C21H38O5Si/c1-13(22)24-18-17(23)14-11-16(25-19(2,3)4)21(18,8)12-15(14)26-27(9,10)20(5,6)7/h14-16,18H,11-12H2,1-10H3/t14-,15-,16-,18-,21+/m0/s1. The van der Waals surface area contributed by atoms with Crippen molar-refractivity contribution in [1.82, 2.24) is 0 Å². The van der Waals surface area contributed by atoms with Crippen molar-refractivity contribution in [2.24, 2.45) is 11.3 Å². The van der Waals surface area contributed by atoms with Gasteiger partial charge in [-0.25, -0.2) is 0 Å². The quantitative estimate of drug-likeness (QED) is 0.516. The van der Waals surface area contributed by atoms with E-state index in [-0.39, 0.29) is 34.5 Å². The lowest BCUT2D eigenvalue weighted by atomic mass is 9.56. The Morgan fingerprint density at radius 1 is 1.15 bits per heavy atom. The van der Waals surface area contributed by atoms with Gasteiger partial charge in [0.1, 0.15) is 0 Å². The van der Waals surface area contributed by atoms with E-state index in [1.807, 2.05) is 27.7 Å². The number of fused-ring (bicyclic) bond motifs is 3. The molecule has 0 aromatic rings. The maximum Gasteiger partial charge on any atom is 0.303 e. The van der Waals surface area contributed by atoms with Crippen LogP contribution in [0.2, 0.25) is 18.1 Å². The first-order chi connectivity index (χ1) is 12.0. The SMILES string of the molecule is CC(=O)O[C@H]1C(=O)[C@H]2C[C@H](OC(C)(C)C)[C@@]1(C)C[C@@H]2O[Si](C)(C)C(C)(C)C. The van der Waals surface area contributed by atoms with Crippen molar-refractivity contribution in [3.63, 3.8) is 0 Å². The first-order valence-electron chi connectivity index (χ1n) is 10.0. The van der Waals surface area contributed by atoms with E-state index in [1.54, 1.807) is 0 Å². The van der Waals surface area contributed by atoms with Gasteiger partial charge in [0.15, 0.2) is 20.2 Å². The molecule has 0 aromatic heterocycles. The fourth-order valence-corrected chi connectivity index (χ4v) is 5.46. The van der Waals surface area contributed by atoms with Gasteiger partial charge >= 0.3 is 5.97 Å². The highest BCUT2D eigenvalue weighted by Gasteiger charge is 2.63. The Morgan fingerprint density at radius 3 is 2.15 bits per heavy atom. The topological polar surface area (TPSA) is 61.8 Å². The Hall–Kier alpha value is -0.723. The van der Waals surface area contributed by atoms with Gasteiger partial charge in [0.05, 0.1) is 17.8 Å². The van der Waals surface area contributed by atoms with E-state index in [0.29, 0.717) is 12.8 Å². The molecule has 3 fully saturated rings. The van der Waals surface area contributed by atoms with Crippen LogP contribution in [0.15, 0.2) is 0 Å². The van der Waals surface area contributed by atoms with E-state index >= 15 is 0 Å². The van der Waals surface area contributed by atoms with Gasteiger partial charge in [-0.15, -0.1) is 0 Å². The number of Topliss-reactive ketones (excluding diaryl/α,β-unsaturated/α-hetero) is 1. The molecule has 0 heterocycles. The summed E-state index contributed by atoms with van der Waals surface area (Å²) < 4.78 is 18.5. The smallest absolute Gasteiger partial charge is 0.303 e. The van der Waals surface area contributed by atoms with Crippen molar-refractivity contribution < 1.29 is 23.5 Å². The lowest BCUT2D eigenvalue weighted by molar-refractivity contribution is -0.225.